The fourth-order valence-electron chi connectivity index (χ4n) is 3.84. The number of methoxy groups -OCH3 is 1. The molecule has 2 unspecified atom stereocenters. The Morgan fingerprint density at radius 3 is 2.09 bits per heavy atom. The molecule has 1 aliphatic rings. The minimum absolute atomic E-state index is 0. The monoisotopic (exact) mass is 455 g/mol. The van der Waals surface area contributed by atoms with E-state index in [9.17, 15) is 5.11 Å². The van der Waals surface area contributed by atoms with Gasteiger partial charge in [-0.15, -0.1) is 12.4 Å². The minimum Gasteiger partial charge on any atom is -0.497 e. The number of aryl methyl sites for hydroxylation is 1. The molecule has 3 aromatic carbocycles. The van der Waals surface area contributed by atoms with E-state index in [-0.39, 0.29) is 18.5 Å². The second-order valence-corrected chi connectivity index (χ2v) is 8.00. The number of hydrogen-bond acceptors (Lipinski definition) is 4. The lowest BCUT2D eigenvalue weighted by Crippen LogP contribution is -2.37. The molecule has 4 nitrogen and oxygen atoms in total. The van der Waals surface area contributed by atoms with Crippen LogP contribution in [0.5, 0.6) is 5.75 Å². The number of fused-ring (bicyclic) bond motifs is 1. The van der Waals surface area contributed by atoms with Crippen LogP contribution in [-0.2, 0) is 12.8 Å². The number of aliphatic hydroxyl groups is 2. The maximum absolute atomic E-state index is 10.2. The number of nitrogens with one attached hydrogen (secondary N) is 1. The summed E-state index contributed by atoms with van der Waals surface area (Å²) in [5.41, 5.74) is 4.71. The van der Waals surface area contributed by atoms with Crippen LogP contribution >= 0.6 is 12.4 Å². The van der Waals surface area contributed by atoms with E-state index in [0.29, 0.717) is 12.6 Å². The second-order valence-electron chi connectivity index (χ2n) is 8.00. The number of aliphatic hydroxyl groups excluding tert-OH is 2. The number of benzene rings is 3. The van der Waals surface area contributed by atoms with Crippen LogP contribution in [-0.4, -0.2) is 29.9 Å². The molecule has 0 saturated heterocycles. The molecule has 4 rings (SSSR count). The van der Waals surface area contributed by atoms with Crippen molar-refractivity contribution < 1.29 is 14.9 Å². The third kappa shape index (κ3) is 7.64. The summed E-state index contributed by atoms with van der Waals surface area (Å²) in [6.45, 7) is 2.35. The highest BCUT2D eigenvalue weighted by Gasteiger charge is 2.19. The van der Waals surface area contributed by atoms with E-state index in [0.717, 1.165) is 36.1 Å². The van der Waals surface area contributed by atoms with E-state index in [4.69, 9.17) is 9.84 Å². The molecule has 1 aliphatic carbocycles. The zero-order valence-corrected chi connectivity index (χ0v) is 19.6. The summed E-state index contributed by atoms with van der Waals surface area (Å²) in [7, 11) is 1.70. The lowest BCUT2D eigenvalue weighted by Gasteiger charge is -2.27. The van der Waals surface area contributed by atoms with Crippen molar-refractivity contribution in [1.82, 2.24) is 5.32 Å². The van der Waals surface area contributed by atoms with Crippen LogP contribution in [0.4, 0.5) is 0 Å². The first-order valence-corrected chi connectivity index (χ1v) is 10.9. The molecule has 0 amide bonds. The first kappa shape index (κ1) is 25.9. The summed E-state index contributed by atoms with van der Waals surface area (Å²) in [5, 5.41) is 22.8. The third-order valence-corrected chi connectivity index (χ3v) is 5.71. The summed E-state index contributed by atoms with van der Waals surface area (Å²) < 4.78 is 5.31. The Morgan fingerprint density at radius 2 is 1.53 bits per heavy atom. The molecule has 3 aromatic rings. The quantitative estimate of drug-likeness (QED) is 0.487. The predicted octanol–water partition coefficient (Wildman–Crippen LogP) is 5.04. The van der Waals surface area contributed by atoms with Crippen LogP contribution in [0.25, 0.3) is 0 Å². The van der Waals surface area contributed by atoms with Gasteiger partial charge in [0, 0.05) is 12.6 Å². The van der Waals surface area contributed by atoms with Crippen molar-refractivity contribution in [2.24, 2.45) is 0 Å². The van der Waals surface area contributed by atoms with Gasteiger partial charge in [0.25, 0.3) is 0 Å². The van der Waals surface area contributed by atoms with Crippen molar-refractivity contribution in [2.75, 3.05) is 13.7 Å². The van der Waals surface area contributed by atoms with Gasteiger partial charge in [-0.25, -0.2) is 0 Å². The van der Waals surface area contributed by atoms with Crippen LogP contribution < -0.4 is 10.1 Å². The van der Waals surface area contributed by atoms with Gasteiger partial charge in [0.1, 0.15) is 5.75 Å². The highest BCUT2D eigenvalue weighted by molar-refractivity contribution is 5.85. The van der Waals surface area contributed by atoms with Gasteiger partial charge in [-0.3, -0.25) is 0 Å². The highest BCUT2D eigenvalue weighted by atomic mass is 35.5. The maximum atomic E-state index is 10.2. The van der Waals surface area contributed by atoms with Crippen LogP contribution in [0.3, 0.4) is 0 Å². The molecule has 172 valence electrons. The number of rotatable bonds is 6. The van der Waals surface area contributed by atoms with Gasteiger partial charge in [0.2, 0.25) is 0 Å². The van der Waals surface area contributed by atoms with Crippen LogP contribution in [0, 0.1) is 0 Å². The Bertz CT molecular complexity index is 919. The third-order valence-electron chi connectivity index (χ3n) is 5.71. The van der Waals surface area contributed by atoms with Crippen molar-refractivity contribution in [3.8, 4) is 5.75 Å². The Hall–Kier alpha value is -2.37. The Kier molecular flexibility index (Phi) is 10.7. The summed E-state index contributed by atoms with van der Waals surface area (Å²) in [4.78, 5) is 0. The van der Waals surface area contributed by atoms with E-state index in [1.807, 2.05) is 66.7 Å². The van der Waals surface area contributed by atoms with Crippen molar-refractivity contribution in [2.45, 2.75) is 44.4 Å². The first-order chi connectivity index (χ1) is 15.1. The summed E-state index contributed by atoms with van der Waals surface area (Å²) in [6, 6.07) is 26.2. The largest absolute Gasteiger partial charge is 0.497 e. The zero-order valence-electron chi connectivity index (χ0n) is 18.8. The molecule has 0 saturated carbocycles. The molecule has 32 heavy (non-hydrogen) atoms. The van der Waals surface area contributed by atoms with Gasteiger partial charge < -0.3 is 20.3 Å². The van der Waals surface area contributed by atoms with Crippen LogP contribution in [0.15, 0.2) is 78.9 Å². The molecule has 3 atom stereocenters. The average Bonchev–Trinajstić information content (AvgIpc) is 2.83. The maximum Gasteiger partial charge on any atom is 0.119 e. The predicted molar refractivity (Wildman–Crippen MR) is 133 cm³/mol. The van der Waals surface area contributed by atoms with Gasteiger partial charge >= 0.3 is 0 Å². The molecule has 0 heterocycles. The molecule has 0 spiro atoms. The Labute approximate surface area is 197 Å². The van der Waals surface area contributed by atoms with E-state index in [2.05, 4.69) is 17.4 Å². The first-order valence-electron chi connectivity index (χ1n) is 10.9. The number of hydrogen-bond donors (Lipinski definition) is 3. The number of ether oxygens (including phenoxy) is 1. The molecule has 0 bridgehead atoms. The topological polar surface area (TPSA) is 61.7 Å². The van der Waals surface area contributed by atoms with E-state index in [1.165, 1.54) is 11.1 Å². The van der Waals surface area contributed by atoms with Crippen molar-refractivity contribution in [3.63, 3.8) is 0 Å². The molecule has 5 heteroatoms. The van der Waals surface area contributed by atoms with Crippen molar-refractivity contribution in [1.29, 1.82) is 0 Å². The average molecular weight is 456 g/mol. The normalized spacial score (nSPS) is 16.4. The second kappa shape index (κ2) is 13.2. The lowest BCUT2D eigenvalue weighted by molar-refractivity contribution is 0.168. The van der Waals surface area contributed by atoms with Crippen molar-refractivity contribution >= 4 is 12.4 Å². The van der Waals surface area contributed by atoms with Gasteiger partial charge in [0.05, 0.1) is 19.3 Å². The zero-order chi connectivity index (χ0) is 22.1. The van der Waals surface area contributed by atoms with Gasteiger partial charge in [-0.05, 0) is 60.6 Å². The standard InChI is InChI=1S/C19H23NO2.C8H10O.ClH/c1-22-18-10-8-14-7-9-17(11-16(14)12-18)20-13-19(21)15-5-3-2-4-6-15;1-7(9)8-5-3-2-4-6-8;/h2-6,8,10,12,17,19-21H,7,9,11,13H2,1H3;2-7,9H,1H3;1H/t17?,19-;;/m1../s1. The fourth-order valence-corrected chi connectivity index (χ4v) is 3.84. The van der Waals surface area contributed by atoms with Crippen LogP contribution in [0.1, 0.15) is 47.8 Å². The molecular formula is C27H34ClNO3. The SMILES string of the molecule is CC(O)c1ccccc1.COc1ccc2c(c1)CC(NC[C@@H](O)c1ccccc1)CC2.Cl. The van der Waals surface area contributed by atoms with E-state index in [1.54, 1.807) is 14.0 Å². The highest BCUT2D eigenvalue weighted by Crippen LogP contribution is 2.26. The van der Waals surface area contributed by atoms with Gasteiger partial charge in [0.15, 0.2) is 0 Å². The van der Waals surface area contributed by atoms with E-state index >= 15 is 0 Å². The Morgan fingerprint density at radius 1 is 0.906 bits per heavy atom. The fraction of sp³-hybridized carbons (Fsp3) is 0.333. The molecule has 0 fully saturated rings. The Balaban J connectivity index is 0.000000307. The molecule has 0 radical (unpaired) electrons. The molecule has 0 aliphatic heterocycles. The lowest BCUT2D eigenvalue weighted by atomic mass is 9.88. The van der Waals surface area contributed by atoms with Gasteiger partial charge in [-0.1, -0.05) is 66.7 Å². The minimum atomic E-state index is -0.451. The van der Waals surface area contributed by atoms with Crippen molar-refractivity contribution in [3.05, 3.63) is 101 Å². The summed E-state index contributed by atoms with van der Waals surface area (Å²) in [5.74, 6) is 0.920. The van der Waals surface area contributed by atoms with Crippen LogP contribution in [0.2, 0.25) is 0 Å². The van der Waals surface area contributed by atoms with Gasteiger partial charge in [-0.2, -0.15) is 0 Å². The summed E-state index contributed by atoms with van der Waals surface area (Å²) >= 11 is 0. The van der Waals surface area contributed by atoms with E-state index < -0.39 is 6.10 Å². The summed E-state index contributed by atoms with van der Waals surface area (Å²) in [6.07, 6.45) is 2.40. The molecule has 3 N–H and O–H groups in total. The molecular weight excluding hydrogens is 422 g/mol. The smallest absolute Gasteiger partial charge is 0.119 e. The number of halogens is 1. The molecule has 0 aromatic heterocycles.